The van der Waals surface area contributed by atoms with Gasteiger partial charge in [0, 0.05) is 6.42 Å². The van der Waals surface area contributed by atoms with Gasteiger partial charge in [0.1, 0.15) is 30.7 Å². The molecule has 0 bridgehead atoms. The highest BCUT2D eigenvalue weighted by Gasteiger charge is 2.44. The molecule has 1 saturated heterocycles. The van der Waals surface area contributed by atoms with Gasteiger partial charge in [-0.05, 0) is 0 Å². The minimum absolute atomic E-state index is 0.128. The first kappa shape index (κ1) is 15.4. The Morgan fingerprint density at radius 2 is 1.89 bits per heavy atom. The summed E-state index contributed by atoms with van der Waals surface area (Å²) in [7, 11) is 0. The normalized spacial score (nSPS) is 38.4. The van der Waals surface area contributed by atoms with Crippen LogP contribution in [0.15, 0.2) is 0 Å². The Labute approximate surface area is 103 Å². The van der Waals surface area contributed by atoms with Crippen LogP contribution in [0.1, 0.15) is 6.42 Å². The Morgan fingerprint density at radius 3 is 2.44 bits per heavy atom. The number of rotatable bonds is 6. The second-order valence-electron chi connectivity index (χ2n) is 4.09. The molecule has 1 aliphatic heterocycles. The van der Waals surface area contributed by atoms with Crippen LogP contribution in [-0.4, -0.2) is 81.8 Å². The van der Waals surface area contributed by atoms with Crippen LogP contribution in [0.3, 0.4) is 0 Å². The maximum Gasteiger partial charge on any atom is 0.186 e. The summed E-state index contributed by atoms with van der Waals surface area (Å²) in [4.78, 5) is 10.1. The minimum Gasteiger partial charge on any atom is -0.394 e. The molecule has 1 heterocycles. The molecule has 6 atom stereocenters. The molecule has 106 valence electrons. The maximum absolute atomic E-state index is 10.1. The highest BCUT2D eigenvalue weighted by atomic mass is 16.7. The lowest BCUT2D eigenvalue weighted by Gasteiger charge is -2.39. The van der Waals surface area contributed by atoms with Gasteiger partial charge in [-0.25, -0.2) is 0 Å². The van der Waals surface area contributed by atoms with E-state index in [1.807, 2.05) is 0 Å². The van der Waals surface area contributed by atoms with Gasteiger partial charge in [-0.1, -0.05) is 0 Å². The molecule has 18 heavy (non-hydrogen) atoms. The van der Waals surface area contributed by atoms with E-state index in [1.165, 1.54) is 0 Å². The van der Waals surface area contributed by atoms with Crippen molar-refractivity contribution in [1.29, 1.82) is 0 Å². The zero-order valence-corrected chi connectivity index (χ0v) is 9.62. The van der Waals surface area contributed by atoms with Gasteiger partial charge in [0.05, 0.1) is 19.3 Å². The van der Waals surface area contributed by atoms with Gasteiger partial charge in [0.2, 0.25) is 0 Å². The van der Waals surface area contributed by atoms with Crippen molar-refractivity contribution in [1.82, 2.24) is 0 Å². The fourth-order valence-electron chi connectivity index (χ4n) is 1.59. The van der Waals surface area contributed by atoms with Crippen molar-refractivity contribution in [3.05, 3.63) is 0 Å². The van der Waals surface area contributed by atoms with Crippen molar-refractivity contribution < 1.29 is 39.8 Å². The average molecular weight is 266 g/mol. The van der Waals surface area contributed by atoms with Crippen molar-refractivity contribution in [2.75, 3.05) is 13.2 Å². The molecule has 0 amide bonds. The van der Waals surface area contributed by atoms with E-state index in [0.29, 0.717) is 6.29 Å². The van der Waals surface area contributed by atoms with Crippen molar-refractivity contribution in [3.63, 3.8) is 0 Å². The van der Waals surface area contributed by atoms with Crippen LogP contribution in [-0.2, 0) is 14.3 Å². The number of aldehydes is 1. The summed E-state index contributed by atoms with van der Waals surface area (Å²) < 4.78 is 10.0. The Balaban J connectivity index is 2.51. The molecule has 0 spiro atoms. The predicted octanol–water partition coefficient (Wildman–Crippen LogP) is -3.25. The van der Waals surface area contributed by atoms with Gasteiger partial charge in [-0.15, -0.1) is 0 Å². The summed E-state index contributed by atoms with van der Waals surface area (Å²) in [5.74, 6) is 0. The maximum atomic E-state index is 10.1. The third-order valence-electron chi connectivity index (χ3n) is 2.67. The van der Waals surface area contributed by atoms with Gasteiger partial charge < -0.3 is 39.8 Å². The zero-order chi connectivity index (χ0) is 13.7. The molecule has 0 aromatic heterocycles. The Kier molecular flexibility index (Phi) is 6.09. The Bertz CT molecular complexity index is 258. The lowest BCUT2D eigenvalue weighted by Crippen LogP contribution is -2.59. The monoisotopic (exact) mass is 266 g/mol. The molecule has 1 aliphatic rings. The van der Waals surface area contributed by atoms with Crippen molar-refractivity contribution in [2.45, 2.75) is 43.2 Å². The van der Waals surface area contributed by atoms with E-state index in [-0.39, 0.29) is 13.0 Å². The number of aliphatic hydroxyl groups is 5. The van der Waals surface area contributed by atoms with E-state index >= 15 is 0 Å². The molecule has 0 saturated carbocycles. The summed E-state index contributed by atoms with van der Waals surface area (Å²) in [6.07, 6.45) is -7.49. The summed E-state index contributed by atoms with van der Waals surface area (Å²) in [5.41, 5.74) is 0. The smallest absolute Gasteiger partial charge is 0.186 e. The van der Waals surface area contributed by atoms with E-state index in [9.17, 15) is 25.2 Å². The Morgan fingerprint density at radius 1 is 1.22 bits per heavy atom. The van der Waals surface area contributed by atoms with E-state index in [4.69, 9.17) is 14.6 Å². The Hall–Kier alpha value is -0.610. The zero-order valence-electron chi connectivity index (χ0n) is 9.62. The van der Waals surface area contributed by atoms with Crippen LogP contribution in [0.25, 0.3) is 0 Å². The van der Waals surface area contributed by atoms with Gasteiger partial charge in [0.15, 0.2) is 6.29 Å². The number of aliphatic hydroxyl groups excluding tert-OH is 5. The summed E-state index contributed by atoms with van der Waals surface area (Å²) in [6.45, 7) is -0.830. The third-order valence-corrected chi connectivity index (χ3v) is 2.67. The van der Waals surface area contributed by atoms with E-state index in [0.717, 1.165) is 0 Å². The van der Waals surface area contributed by atoms with Crippen molar-refractivity contribution in [2.24, 2.45) is 0 Å². The number of carbonyl (C=O) groups is 1. The topological polar surface area (TPSA) is 137 Å². The molecule has 0 aromatic carbocycles. The van der Waals surface area contributed by atoms with E-state index in [2.05, 4.69) is 0 Å². The lowest BCUT2D eigenvalue weighted by molar-refractivity contribution is -0.304. The first-order valence-electron chi connectivity index (χ1n) is 5.55. The standard InChI is InChI=1S/C10H18O8/c11-2-1-5(13)4-17-10-9(16)8(15)7(14)6(3-12)18-10/h2,5-10,12-16H,1,3-4H2/t5-,6+,7+,8-,9+,10+/m0/s1. The van der Waals surface area contributed by atoms with Crippen LogP contribution >= 0.6 is 0 Å². The highest BCUT2D eigenvalue weighted by Crippen LogP contribution is 2.22. The molecule has 0 aliphatic carbocycles. The van der Waals surface area contributed by atoms with Crippen molar-refractivity contribution >= 4 is 6.29 Å². The SMILES string of the molecule is O=CC[C@H](O)CO[C@@H]1O[C@H](CO)[C@@H](O)[C@H](O)[C@H]1O. The quantitative estimate of drug-likeness (QED) is 0.316. The summed E-state index contributed by atoms with van der Waals surface area (Å²) >= 11 is 0. The molecule has 5 N–H and O–H groups in total. The summed E-state index contributed by atoms with van der Waals surface area (Å²) in [5, 5.41) is 46.7. The number of hydrogen-bond acceptors (Lipinski definition) is 8. The van der Waals surface area contributed by atoms with Crippen LogP contribution < -0.4 is 0 Å². The van der Waals surface area contributed by atoms with Crippen LogP contribution in [0.2, 0.25) is 0 Å². The predicted molar refractivity (Wildman–Crippen MR) is 56.4 cm³/mol. The molecular weight excluding hydrogens is 248 g/mol. The first-order valence-corrected chi connectivity index (χ1v) is 5.55. The fourth-order valence-corrected chi connectivity index (χ4v) is 1.59. The molecule has 8 heteroatoms. The van der Waals surface area contributed by atoms with Crippen LogP contribution in [0, 0.1) is 0 Å². The van der Waals surface area contributed by atoms with Gasteiger partial charge in [-0.3, -0.25) is 0 Å². The number of ether oxygens (including phenoxy) is 2. The summed E-state index contributed by atoms with van der Waals surface area (Å²) in [6, 6.07) is 0. The number of carbonyl (C=O) groups excluding carboxylic acids is 1. The van der Waals surface area contributed by atoms with Gasteiger partial charge >= 0.3 is 0 Å². The molecule has 8 nitrogen and oxygen atoms in total. The molecular formula is C10H18O8. The lowest BCUT2D eigenvalue weighted by atomic mass is 9.99. The van der Waals surface area contributed by atoms with E-state index < -0.39 is 43.4 Å². The highest BCUT2D eigenvalue weighted by molar-refractivity contribution is 5.49. The largest absolute Gasteiger partial charge is 0.394 e. The molecule has 0 aromatic rings. The number of hydrogen-bond donors (Lipinski definition) is 5. The van der Waals surface area contributed by atoms with Crippen LogP contribution in [0.5, 0.6) is 0 Å². The first-order chi connectivity index (χ1) is 8.51. The second kappa shape index (κ2) is 7.10. The second-order valence-corrected chi connectivity index (χ2v) is 4.09. The fraction of sp³-hybridized carbons (Fsp3) is 0.900. The molecule has 1 rings (SSSR count). The van der Waals surface area contributed by atoms with E-state index in [1.54, 1.807) is 0 Å². The van der Waals surface area contributed by atoms with Gasteiger partial charge in [-0.2, -0.15) is 0 Å². The van der Waals surface area contributed by atoms with Gasteiger partial charge in [0.25, 0.3) is 0 Å². The average Bonchev–Trinajstić information content (AvgIpc) is 2.35. The molecule has 0 radical (unpaired) electrons. The molecule has 0 unspecified atom stereocenters. The van der Waals surface area contributed by atoms with Crippen LogP contribution in [0.4, 0.5) is 0 Å². The third kappa shape index (κ3) is 3.69. The minimum atomic E-state index is -1.52. The molecule has 1 fully saturated rings. The van der Waals surface area contributed by atoms with Crippen molar-refractivity contribution in [3.8, 4) is 0 Å².